The van der Waals surface area contributed by atoms with Crippen molar-refractivity contribution in [3.63, 3.8) is 0 Å². The SMILES string of the molecule is [CH2-]c1ccc(C(C)C)cc1[CH2-].[Y].[Y]. The van der Waals surface area contributed by atoms with Gasteiger partial charge in [0.2, 0.25) is 0 Å². The molecule has 0 unspecified atom stereocenters. The zero-order valence-electron chi connectivity index (χ0n) is 8.38. The van der Waals surface area contributed by atoms with Crippen LogP contribution in [0.2, 0.25) is 0 Å². The Labute approximate surface area is 132 Å². The summed E-state index contributed by atoms with van der Waals surface area (Å²) in [6.45, 7) is 12.1. The third-order valence-electron chi connectivity index (χ3n) is 1.90. The maximum atomic E-state index is 3.90. The molecule has 0 heterocycles. The number of benzene rings is 1. The first kappa shape index (κ1) is 16.6. The smallest absolute Gasteiger partial charge is 0 e. The molecule has 0 atom stereocenters. The minimum Gasteiger partial charge on any atom is -0.299 e. The zero-order chi connectivity index (χ0) is 8.43. The average Bonchev–Trinajstić information content (AvgIpc) is 1.94. The fraction of sp³-hybridized carbons (Fsp3) is 0.273. The minimum atomic E-state index is 0. The van der Waals surface area contributed by atoms with Gasteiger partial charge in [0, 0.05) is 65.4 Å². The van der Waals surface area contributed by atoms with Crippen molar-refractivity contribution in [1.29, 1.82) is 0 Å². The molecule has 66 valence electrons. The van der Waals surface area contributed by atoms with E-state index >= 15 is 0 Å². The standard InChI is InChI=1S/C11H14.2Y/c1-8(2)11-6-5-9(3)10(4)7-11;;/h5-8H,3-4H2,1-2H3;;/q-2;;. The van der Waals surface area contributed by atoms with Crippen LogP contribution in [0, 0.1) is 13.8 Å². The molecule has 0 spiro atoms. The molecule has 2 heteroatoms. The molecule has 0 aliphatic rings. The quantitative estimate of drug-likeness (QED) is 0.696. The van der Waals surface area contributed by atoms with Crippen LogP contribution in [-0.2, 0) is 65.4 Å². The van der Waals surface area contributed by atoms with Gasteiger partial charge in [-0.3, -0.25) is 25.0 Å². The summed E-state index contributed by atoms with van der Waals surface area (Å²) < 4.78 is 0. The summed E-state index contributed by atoms with van der Waals surface area (Å²) in [7, 11) is 0. The van der Waals surface area contributed by atoms with Gasteiger partial charge in [0.05, 0.1) is 0 Å². The first-order valence-corrected chi connectivity index (χ1v) is 3.89. The summed E-state index contributed by atoms with van der Waals surface area (Å²) in [6.07, 6.45) is 0. The molecule has 1 aromatic rings. The molecule has 0 amide bonds. The van der Waals surface area contributed by atoms with Gasteiger partial charge in [0.1, 0.15) is 0 Å². The molecule has 0 saturated heterocycles. The van der Waals surface area contributed by atoms with E-state index in [0.29, 0.717) is 5.92 Å². The van der Waals surface area contributed by atoms with E-state index in [9.17, 15) is 0 Å². The van der Waals surface area contributed by atoms with E-state index in [-0.39, 0.29) is 65.4 Å². The first-order valence-electron chi connectivity index (χ1n) is 3.89. The Bertz CT molecular complexity index is 254. The Morgan fingerprint density at radius 1 is 1.00 bits per heavy atom. The molecular weight excluding hydrogens is 310 g/mol. The van der Waals surface area contributed by atoms with Crippen LogP contribution < -0.4 is 0 Å². The largest absolute Gasteiger partial charge is 0.299 e. The van der Waals surface area contributed by atoms with Crippen molar-refractivity contribution in [1.82, 2.24) is 0 Å². The molecule has 0 aliphatic carbocycles. The van der Waals surface area contributed by atoms with Gasteiger partial charge in [0.25, 0.3) is 0 Å². The summed E-state index contributed by atoms with van der Waals surface area (Å²) in [4.78, 5) is 0. The Hall–Kier alpha value is 1.17. The minimum absolute atomic E-state index is 0. The Morgan fingerprint density at radius 2 is 1.54 bits per heavy atom. The molecule has 0 bridgehead atoms. The van der Waals surface area contributed by atoms with Crippen LogP contribution in [0.15, 0.2) is 18.2 Å². The van der Waals surface area contributed by atoms with E-state index in [1.54, 1.807) is 0 Å². The summed E-state index contributed by atoms with van der Waals surface area (Å²) in [5, 5.41) is 0. The van der Waals surface area contributed by atoms with Gasteiger partial charge in [-0.25, -0.2) is 12.1 Å². The van der Waals surface area contributed by atoms with E-state index in [2.05, 4.69) is 39.8 Å². The third-order valence-corrected chi connectivity index (χ3v) is 1.90. The molecule has 0 aromatic heterocycles. The Balaban J connectivity index is 0. The molecular formula is C11H14Y2-2. The van der Waals surface area contributed by atoms with Gasteiger partial charge < -0.3 is 0 Å². The summed E-state index contributed by atoms with van der Waals surface area (Å²) >= 11 is 0. The molecule has 2 radical (unpaired) electrons. The number of hydrogen-bond acceptors (Lipinski definition) is 0. The maximum Gasteiger partial charge on any atom is 0 e. The number of hydrogen-bond donors (Lipinski definition) is 0. The van der Waals surface area contributed by atoms with Gasteiger partial charge >= 0.3 is 0 Å². The van der Waals surface area contributed by atoms with Crippen LogP contribution in [0.3, 0.4) is 0 Å². The van der Waals surface area contributed by atoms with Crippen molar-refractivity contribution in [3.05, 3.63) is 48.7 Å². The van der Waals surface area contributed by atoms with E-state index < -0.39 is 0 Å². The molecule has 0 fully saturated rings. The molecule has 1 aromatic carbocycles. The maximum absolute atomic E-state index is 3.90. The second-order valence-corrected chi connectivity index (χ2v) is 3.18. The molecule has 0 N–H and O–H groups in total. The molecule has 0 saturated carbocycles. The van der Waals surface area contributed by atoms with Crippen molar-refractivity contribution in [2.75, 3.05) is 0 Å². The van der Waals surface area contributed by atoms with Gasteiger partial charge in [0.15, 0.2) is 0 Å². The van der Waals surface area contributed by atoms with Crippen LogP contribution >= 0.6 is 0 Å². The van der Waals surface area contributed by atoms with Gasteiger partial charge in [-0.1, -0.05) is 13.8 Å². The fourth-order valence-electron chi connectivity index (χ4n) is 1.00. The van der Waals surface area contributed by atoms with Crippen LogP contribution in [0.1, 0.15) is 36.5 Å². The van der Waals surface area contributed by atoms with Gasteiger partial charge in [-0.2, -0.15) is 0 Å². The molecule has 13 heavy (non-hydrogen) atoms. The Kier molecular flexibility index (Phi) is 9.52. The normalized spacial score (nSPS) is 8.85. The number of rotatable bonds is 1. The second-order valence-electron chi connectivity index (χ2n) is 3.18. The first-order chi connectivity index (χ1) is 5.11. The summed E-state index contributed by atoms with van der Waals surface area (Å²) in [6, 6.07) is 6.24. The monoisotopic (exact) mass is 324 g/mol. The van der Waals surface area contributed by atoms with E-state index in [0.717, 1.165) is 11.1 Å². The topological polar surface area (TPSA) is 0 Å². The van der Waals surface area contributed by atoms with Crippen LogP contribution in [0.4, 0.5) is 0 Å². The molecule has 0 aliphatic heterocycles. The third kappa shape index (κ3) is 4.98. The Morgan fingerprint density at radius 3 is 1.92 bits per heavy atom. The van der Waals surface area contributed by atoms with Crippen LogP contribution in [0.25, 0.3) is 0 Å². The predicted molar refractivity (Wildman–Crippen MR) is 49.4 cm³/mol. The van der Waals surface area contributed by atoms with Gasteiger partial charge in [-0.05, 0) is 5.92 Å². The van der Waals surface area contributed by atoms with Crippen molar-refractivity contribution >= 4 is 0 Å². The van der Waals surface area contributed by atoms with E-state index in [1.165, 1.54) is 5.56 Å². The van der Waals surface area contributed by atoms with Crippen molar-refractivity contribution in [3.8, 4) is 0 Å². The van der Waals surface area contributed by atoms with Crippen molar-refractivity contribution < 1.29 is 65.4 Å². The fourth-order valence-corrected chi connectivity index (χ4v) is 1.00. The predicted octanol–water partition coefficient (Wildman–Crippen LogP) is 3.17. The van der Waals surface area contributed by atoms with E-state index in [1.807, 2.05) is 6.07 Å². The molecule has 0 nitrogen and oxygen atoms in total. The second kappa shape index (κ2) is 7.46. The summed E-state index contributed by atoms with van der Waals surface area (Å²) in [5.41, 5.74) is 3.40. The summed E-state index contributed by atoms with van der Waals surface area (Å²) in [5.74, 6) is 0.580. The zero-order valence-corrected chi connectivity index (χ0v) is 14.1. The van der Waals surface area contributed by atoms with Crippen LogP contribution in [0.5, 0.6) is 0 Å². The van der Waals surface area contributed by atoms with E-state index in [4.69, 9.17) is 0 Å². The molecule has 1 rings (SSSR count). The van der Waals surface area contributed by atoms with Crippen molar-refractivity contribution in [2.24, 2.45) is 0 Å². The van der Waals surface area contributed by atoms with Crippen LogP contribution in [-0.4, -0.2) is 0 Å². The average molecular weight is 324 g/mol. The van der Waals surface area contributed by atoms with Gasteiger partial charge in [-0.15, -0.1) is 11.6 Å². The van der Waals surface area contributed by atoms with Crippen molar-refractivity contribution in [2.45, 2.75) is 19.8 Å².